The van der Waals surface area contributed by atoms with Crippen LogP contribution in [0.15, 0.2) is 0 Å². The molecule has 0 rings (SSSR count). The van der Waals surface area contributed by atoms with Gasteiger partial charge in [-0.1, -0.05) is 0 Å². The fourth-order valence-corrected chi connectivity index (χ4v) is 0. The molecule has 6 heteroatoms. The summed E-state index contributed by atoms with van der Waals surface area (Å²) >= 11 is -5.00. The first-order valence-corrected chi connectivity index (χ1v) is 3.69. The molecule has 0 fully saturated rings. The van der Waals surface area contributed by atoms with Crippen LogP contribution in [0.3, 0.4) is 0 Å². The molecule has 0 aliphatic rings. The fourth-order valence-electron chi connectivity index (χ4n) is 0. The van der Waals surface area contributed by atoms with E-state index >= 15 is 0 Å². The standard InChI is InChI=1S/4H2O.H4Si.Ti/h4*1H2;1H4;/q;;;;;+4/p-4. The summed E-state index contributed by atoms with van der Waals surface area (Å²) in [5, 5.41) is 0. The average molecular weight is 148 g/mol. The second-order valence-electron chi connectivity index (χ2n) is 0.600. The predicted molar refractivity (Wildman–Crippen MR) is 20.2 cm³/mol. The zero-order valence-electron chi connectivity index (χ0n) is 2.29. The van der Waals surface area contributed by atoms with Gasteiger partial charge in [0.2, 0.25) is 0 Å². The van der Waals surface area contributed by atoms with Gasteiger partial charge >= 0.3 is 32.9 Å². The van der Waals surface area contributed by atoms with E-state index in [-0.39, 0.29) is 11.0 Å². The summed E-state index contributed by atoms with van der Waals surface area (Å²) in [6.45, 7) is 0. The Kier molecular flexibility index (Phi) is 4.73. The first kappa shape index (κ1) is 9.91. The normalized spacial score (nSPS) is 10.0. The summed E-state index contributed by atoms with van der Waals surface area (Å²) in [7, 11) is 0. The van der Waals surface area contributed by atoms with E-state index in [0.29, 0.717) is 0 Å². The quantitative estimate of drug-likeness (QED) is 0.267. The van der Waals surface area contributed by atoms with E-state index in [9.17, 15) is 0 Å². The van der Waals surface area contributed by atoms with Crippen molar-refractivity contribution in [1.29, 1.82) is 0 Å². The molecular formula is H8O4SiTi. The second kappa shape index (κ2) is 2.87. The van der Waals surface area contributed by atoms with Crippen molar-refractivity contribution >= 4 is 11.0 Å². The molecule has 0 heterocycles. The zero-order chi connectivity index (χ0) is 4.50. The maximum atomic E-state index is 7.38. The fraction of sp³-hybridized carbons (Fsp3) is 0. The molecule has 0 bridgehead atoms. The zero-order valence-corrected chi connectivity index (χ0v) is 3.85. The Hall–Kier alpha value is 0.771. The molecule has 0 aliphatic heterocycles. The van der Waals surface area contributed by atoms with Gasteiger partial charge in [-0.3, -0.25) is 0 Å². The number of rotatable bonds is 0. The molecule has 4 N–H and O–H groups in total. The van der Waals surface area contributed by atoms with Crippen LogP contribution in [0.4, 0.5) is 0 Å². The van der Waals surface area contributed by atoms with Gasteiger partial charge in [-0.15, -0.1) is 0 Å². The van der Waals surface area contributed by atoms with E-state index < -0.39 is 18.1 Å². The minimum atomic E-state index is -5.00. The van der Waals surface area contributed by atoms with Crippen LogP contribution in [-0.4, -0.2) is 25.7 Å². The van der Waals surface area contributed by atoms with Crippen LogP contribution < -0.4 is 0 Å². The van der Waals surface area contributed by atoms with Gasteiger partial charge in [0, 0.05) is 0 Å². The average Bonchev–Trinajstić information content (AvgIpc) is 0.722. The molecule has 0 amide bonds. The number of hydrogen-bond acceptors (Lipinski definition) is 4. The minimum absolute atomic E-state index is 0. The third kappa shape index (κ3) is 114. The van der Waals surface area contributed by atoms with E-state index in [1.807, 2.05) is 0 Å². The molecule has 4 nitrogen and oxygen atoms in total. The Morgan fingerprint density at radius 1 is 0.833 bits per heavy atom. The third-order valence-corrected chi connectivity index (χ3v) is 0. The SMILES string of the molecule is [OH][Ti]([OH])([OH])[OH].[SiH4]. The topological polar surface area (TPSA) is 80.9 Å². The van der Waals surface area contributed by atoms with E-state index in [4.69, 9.17) is 14.8 Å². The summed E-state index contributed by atoms with van der Waals surface area (Å²) in [4.78, 5) is 0. The molecular weight excluding hydrogens is 140 g/mol. The molecule has 0 aromatic carbocycles. The van der Waals surface area contributed by atoms with Crippen molar-refractivity contribution in [3.05, 3.63) is 0 Å². The molecule has 0 radical (unpaired) electrons. The largest absolute Gasteiger partial charge is 0.0149 e. The van der Waals surface area contributed by atoms with Crippen molar-refractivity contribution in [2.45, 2.75) is 0 Å². The van der Waals surface area contributed by atoms with Gasteiger partial charge in [0.1, 0.15) is 0 Å². The van der Waals surface area contributed by atoms with Crippen LogP contribution in [-0.2, 0) is 18.1 Å². The van der Waals surface area contributed by atoms with Gasteiger partial charge in [-0.2, -0.15) is 0 Å². The van der Waals surface area contributed by atoms with Gasteiger partial charge in [-0.05, 0) is 11.0 Å². The Balaban J connectivity index is 0. The molecule has 0 spiro atoms. The first-order valence-electron chi connectivity index (χ1n) is 0.894. The predicted octanol–water partition coefficient (Wildman–Crippen LogP) is -3.68. The number of hydrogen-bond donors (Lipinski definition) is 4. The summed E-state index contributed by atoms with van der Waals surface area (Å²) in [6.07, 6.45) is 0. The molecule has 0 aromatic rings. The van der Waals surface area contributed by atoms with Crippen LogP contribution in [0.1, 0.15) is 0 Å². The minimum Gasteiger partial charge on any atom is -0.0149 e. The molecule has 0 saturated heterocycles. The van der Waals surface area contributed by atoms with Crippen molar-refractivity contribution in [2.75, 3.05) is 0 Å². The second-order valence-corrected chi connectivity index (χ2v) is 2.47. The molecule has 6 heavy (non-hydrogen) atoms. The van der Waals surface area contributed by atoms with Gasteiger partial charge in [0.25, 0.3) is 0 Å². The monoisotopic (exact) mass is 148 g/mol. The van der Waals surface area contributed by atoms with E-state index in [2.05, 4.69) is 0 Å². The van der Waals surface area contributed by atoms with Crippen LogP contribution in [0.25, 0.3) is 0 Å². The summed E-state index contributed by atoms with van der Waals surface area (Å²) in [5.41, 5.74) is 0. The Morgan fingerprint density at radius 3 is 0.833 bits per heavy atom. The van der Waals surface area contributed by atoms with E-state index in [1.165, 1.54) is 0 Å². The summed E-state index contributed by atoms with van der Waals surface area (Å²) in [5.74, 6) is 0. The molecule has 0 atom stereocenters. The smallest absolute Gasteiger partial charge is 0.0149 e. The van der Waals surface area contributed by atoms with E-state index in [1.54, 1.807) is 0 Å². The molecule has 0 aliphatic carbocycles. The molecule has 0 aromatic heterocycles. The molecule has 0 unspecified atom stereocenters. The summed E-state index contributed by atoms with van der Waals surface area (Å²) in [6, 6.07) is 0. The molecule has 0 saturated carbocycles. The van der Waals surface area contributed by atoms with Crippen molar-refractivity contribution in [3.63, 3.8) is 0 Å². The van der Waals surface area contributed by atoms with Gasteiger partial charge < -0.3 is 0 Å². The Morgan fingerprint density at radius 2 is 0.833 bits per heavy atom. The van der Waals surface area contributed by atoms with Crippen LogP contribution in [0, 0.1) is 0 Å². The van der Waals surface area contributed by atoms with Gasteiger partial charge in [0.15, 0.2) is 0 Å². The van der Waals surface area contributed by atoms with Crippen LogP contribution in [0.5, 0.6) is 0 Å². The van der Waals surface area contributed by atoms with Crippen LogP contribution >= 0.6 is 0 Å². The van der Waals surface area contributed by atoms with E-state index in [0.717, 1.165) is 0 Å². The van der Waals surface area contributed by atoms with Gasteiger partial charge in [-0.25, -0.2) is 0 Å². The third-order valence-electron chi connectivity index (χ3n) is 0. The molecule has 40 valence electrons. The first-order chi connectivity index (χ1) is 2.00. The van der Waals surface area contributed by atoms with Crippen molar-refractivity contribution < 1.29 is 32.9 Å². The van der Waals surface area contributed by atoms with Crippen molar-refractivity contribution in [3.8, 4) is 0 Å². The maximum absolute atomic E-state index is 7.38. The Labute approximate surface area is 44.3 Å². The van der Waals surface area contributed by atoms with Gasteiger partial charge in [0.05, 0.1) is 0 Å². The Bertz CT molecular complexity index is 23.0. The maximum Gasteiger partial charge on any atom is -0.0149 e. The van der Waals surface area contributed by atoms with Crippen LogP contribution in [0.2, 0.25) is 0 Å². The van der Waals surface area contributed by atoms with Crippen molar-refractivity contribution in [2.24, 2.45) is 0 Å². The summed E-state index contributed by atoms with van der Waals surface area (Å²) < 4.78 is 29.5. The van der Waals surface area contributed by atoms with Crippen molar-refractivity contribution in [1.82, 2.24) is 0 Å².